The van der Waals surface area contributed by atoms with E-state index in [1.165, 1.54) is 11.8 Å². The second-order valence-corrected chi connectivity index (χ2v) is 8.70. The molecule has 1 spiro atoms. The summed E-state index contributed by atoms with van der Waals surface area (Å²) in [6, 6.07) is 11.4. The number of hydrogen-bond donors (Lipinski definition) is 0. The molecule has 5 heteroatoms. The Kier molecular flexibility index (Phi) is 3.58. The quantitative estimate of drug-likeness (QED) is 0.840. The Morgan fingerprint density at radius 2 is 1.56 bits per heavy atom. The van der Waals surface area contributed by atoms with E-state index < -0.39 is 9.84 Å². The molecule has 0 bridgehead atoms. The molecule has 0 amide bonds. The fourth-order valence-corrected chi connectivity index (χ4v) is 3.77. The van der Waals surface area contributed by atoms with Gasteiger partial charge in [-0.2, -0.15) is 0 Å². The van der Waals surface area contributed by atoms with E-state index >= 15 is 0 Å². The summed E-state index contributed by atoms with van der Waals surface area (Å²) in [6.07, 6.45) is 9.76. The first-order valence-electron chi connectivity index (χ1n) is 8.17. The largest absolute Gasteiger partial charge is 0.497 e. The highest BCUT2D eigenvalue weighted by Gasteiger charge is 2.43. The fraction of sp³-hybridized carbons (Fsp3) is 0.250. The van der Waals surface area contributed by atoms with E-state index in [2.05, 4.69) is 29.3 Å². The second kappa shape index (κ2) is 5.56. The lowest BCUT2D eigenvalue weighted by atomic mass is 9.96. The molecule has 4 rings (SSSR count). The van der Waals surface area contributed by atoms with E-state index in [4.69, 9.17) is 4.74 Å². The third kappa shape index (κ3) is 3.00. The number of aromatic nitrogens is 1. The van der Waals surface area contributed by atoms with Crippen molar-refractivity contribution >= 4 is 21.0 Å². The van der Waals surface area contributed by atoms with Crippen LogP contribution >= 0.6 is 0 Å². The molecule has 2 aliphatic carbocycles. The van der Waals surface area contributed by atoms with Gasteiger partial charge in [0.2, 0.25) is 0 Å². The van der Waals surface area contributed by atoms with Crippen molar-refractivity contribution in [3.05, 3.63) is 65.9 Å². The lowest BCUT2D eigenvalue weighted by molar-refractivity contribution is 0.415. The molecule has 2 aromatic rings. The van der Waals surface area contributed by atoms with Gasteiger partial charge in [0.05, 0.1) is 7.11 Å². The van der Waals surface area contributed by atoms with Gasteiger partial charge in [-0.1, -0.05) is 24.3 Å². The lowest BCUT2D eigenvalue weighted by Gasteiger charge is -2.10. The van der Waals surface area contributed by atoms with E-state index in [1.807, 2.05) is 18.2 Å². The topological polar surface area (TPSA) is 56.3 Å². The molecule has 0 atom stereocenters. The maximum atomic E-state index is 11.6. The zero-order valence-electron chi connectivity index (χ0n) is 14.2. The van der Waals surface area contributed by atoms with Crippen molar-refractivity contribution in [2.75, 3.05) is 13.4 Å². The standard InChI is InChI=1S/C20H19NO3S/c1-24-16-6-3-14(4-7-16)17-11-20(9-10-20)12-18(17)15-5-8-19(21-13-15)25(2,22)23/h3-8,11-13H,9-10H2,1-2H3. The second-order valence-electron chi connectivity index (χ2n) is 6.73. The zero-order valence-corrected chi connectivity index (χ0v) is 15.0. The highest BCUT2D eigenvalue weighted by Crippen LogP contribution is 2.57. The number of methoxy groups -OCH3 is 1. The summed E-state index contributed by atoms with van der Waals surface area (Å²) >= 11 is 0. The van der Waals surface area contributed by atoms with Crippen LogP contribution in [0.3, 0.4) is 0 Å². The summed E-state index contributed by atoms with van der Waals surface area (Å²) in [7, 11) is -1.63. The van der Waals surface area contributed by atoms with E-state index in [9.17, 15) is 8.42 Å². The highest BCUT2D eigenvalue weighted by atomic mass is 32.2. The van der Waals surface area contributed by atoms with Crippen molar-refractivity contribution in [2.45, 2.75) is 17.9 Å². The Morgan fingerprint density at radius 3 is 2.04 bits per heavy atom. The van der Waals surface area contributed by atoms with Crippen LogP contribution in [0.15, 0.2) is 59.8 Å². The van der Waals surface area contributed by atoms with Crippen LogP contribution in [0.2, 0.25) is 0 Å². The Labute approximate surface area is 147 Å². The van der Waals surface area contributed by atoms with Gasteiger partial charge in [-0.15, -0.1) is 0 Å². The predicted octanol–water partition coefficient (Wildman–Crippen LogP) is 3.75. The van der Waals surface area contributed by atoms with Crippen LogP contribution in [0.4, 0.5) is 0 Å². The van der Waals surface area contributed by atoms with Gasteiger partial charge >= 0.3 is 0 Å². The van der Waals surface area contributed by atoms with Gasteiger partial charge < -0.3 is 4.74 Å². The van der Waals surface area contributed by atoms with Crippen LogP contribution < -0.4 is 4.74 Å². The van der Waals surface area contributed by atoms with E-state index in [0.29, 0.717) is 0 Å². The number of ether oxygens (including phenoxy) is 1. The lowest BCUT2D eigenvalue weighted by Crippen LogP contribution is -2.00. The number of benzene rings is 1. The molecule has 4 nitrogen and oxygen atoms in total. The maximum absolute atomic E-state index is 11.6. The highest BCUT2D eigenvalue weighted by molar-refractivity contribution is 7.90. The number of nitrogens with zero attached hydrogens (tertiary/aromatic N) is 1. The molecule has 0 aliphatic heterocycles. The zero-order chi connectivity index (χ0) is 17.7. The summed E-state index contributed by atoms with van der Waals surface area (Å²) in [5, 5.41) is 0.103. The molecular weight excluding hydrogens is 334 g/mol. The number of allylic oxidation sites excluding steroid dienone is 4. The predicted molar refractivity (Wildman–Crippen MR) is 98.0 cm³/mol. The molecule has 1 saturated carbocycles. The summed E-state index contributed by atoms with van der Waals surface area (Å²) in [4.78, 5) is 4.14. The molecule has 1 fully saturated rings. The van der Waals surface area contributed by atoms with E-state index in [-0.39, 0.29) is 10.4 Å². The molecule has 1 heterocycles. The SMILES string of the molecule is COc1ccc(C2=CC3(C=C2c2ccc(S(C)(=O)=O)nc2)CC3)cc1. The molecule has 25 heavy (non-hydrogen) atoms. The van der Waals surface area contributed by atoms with Crippen molar-refractivity contribution < 1.29 is 13.2 Å². The van der Waals surface area contributed by atoms with Crippen molar-refractivity contribution in [1.82, 2.24) is 4.98 Å². The molecular formula is C20H19NO3S. The Hall–Kier alpha value is -2.40. The number of sulfone groups is 1. The first-order valence-corrected chi connectivity index (χ1v) is 10.1. The molecule has 2 aliphatic rings. The van der Waals surface area contributed by atoms with Gasteiger partial charge in [-0.3, -0.25) is 0 Å². The first kappa shape index (κ1) is 16.1. The van der Waals surface area contributed by atoms with Crippen LogP contribution in [0.1, 0.15) is 24.0 Å². The van der Waals surface area contributed by atoms with Crippen molar-refractivity contribution in [2.24, 2.45) is 5.41 Å². The third-order valence-electron chi connectivity index (χ3n) is 4.81. The van der Waals surface area contributed by atoms with Crippen LogP contribution in [-0.4, -0.2) is 26.8 Å². The molecule has 0 N–H and O–H groups in total. The minimum atomic E-state index is -3.29. The molecule has 128 valence electrons. The van der Waals surface area contributed by atoms with E-state index in [0.717, 1.165) is 35.3 Å². The van der Waals surface area contributed by atoms with Crippen LogP contribution in [0, 0.1) is 5.41 Å². The smallest absolute Gasteiger partial charge is 0.192 e. The number of hydrogen-bond acceptors (Lipinski definition) is 4. The molecule has 1 aromatic carbocycles. The van der Waals surface area contributed by atoms with Gasteiger partial charge in [0.15, 0.2) is 14.9 Å². The van der Waals surface area contributed by atoms with Crippen LogP contribution in [-0.2, 0) is 9.84 Å². The third-order valence-corrected chi connectivity index (χ3v) is 5.81. The van der Waals surface area contributed by atoms with Gasteiger partial charge in [-0.25, -0.2) is 13.4 Å². The minimum Gasteiger partial charge on any atom is -0.497 e. The number of rotatable bonds is 4. The number of pyridine rings is 1. The first-order chi connectivity index (χ1) is 11.9. The van der Waals surface area contributed by atoms with E-state index in [1.54, 1.807) is 19.4 Å². The average molecular weight is 353 g/mol. The molecule has 0 radical (unpaired) electrons. The van der Waals surface area contributed by atoms with Crippen molar-refractivity contribution in [3.63, 3.8) is 0 Å². The average Bonchev–Trinajstić information content (AvgIpc) is 3.25. The van der Waals surface area contributed by atoms with Gasteiger partial charge in [0.25, 0.3) is 0 Å². The van der Waals surface area contributed by atoms with Gasteiger partial charge in [-0.05, 0) is 53.8 Å². The Morgan fingerprint density at radius 1 is 0.960 bits per heavy atom. The monoisotopic (exact) mass is 353 g/mol. The molecule has 1 aromatic heterocycles. The van der Waals surface area contributed by atoms with Crippen molar-refractivity contribution in [1.29, 1.82) is 0 Å². The fourth-order valence-electron chi connectivity index (χ4n) is 3.21. The summed E-state index contributed by atoms with van der Waals surface area (Å²) in [6.45, 7) is 0. The minimum absolute atomic E-state index is 0.103. The van der Waals surface area contributed by atoms with Crippen molar-refractivity contribution in [3.8, 4) is 5.75 Å². The summed E-state index contributed by atoms with van der Waals surface area (Å²) in [5.41, 5.74) is 4.53. The summed E-state index contributed by atoms with van der Waals surface area (Å²) < 4.78 is 28.5. The molecule has 0 saturated heterocycles. The Bertz CT molecular complexity index is 980. The van der Waals surface area contributed by atoms with Crippen LogP contribution in [0.5, 0.6) is 5.75 Å². The maximum Gasteiger partial charge on any atom is 0.192 e. The van der Waals surface area contributed by atoms with Crippen LogP contribution in [0.25, 0.3) is 11.1 Å². The normalized spacial score (nSPS) is 18.0. The van der Waals surface area contributed by atoms with Gasteiger partial charge in [0, 0.05) is 23.4 Å². The van der Waals surface area contributed by atoms with Gasteiger partial charge in [0.1, 0.15) is 5.75 Å². The Balaban J connectivity index is 1.73. The molecule has 0 unspecified atom stereocenters. The summed E-state index contributed by atoms with van der Waals surface area (Å²) in [5.74, 6) is 0.827.